The Morgan fingerprint density at radius 2 is 2.24 bits per heavy atom. The quantitative estimate of drug-likeness (QED) is 0.804. The minimum absolute atomic E-state index is 0.0681. The van der Waals surface area contributed by atoms with Crippen LogP contribution in [-0.4, -0.2) is 23.7 Å². The Hall–Kier alpha value is -0.620. The predicted molar refractivity (Wildman–Crippen MR) is 77.1 cm³/mol. The van der Waals surface area contributed by atoms with Gasteiger partial charge in [-0.15, -0.1) is 0 Å². The summed E-state index contributed by atoms with van der Waals surface area (Å²) in [6, 6.07) is 5.69. The average molecular weight is 347 g/mol. The molecule has 0 aromatic heterocycles. The summed E-state index contributed by atoms with van der Waals surface area (Å²) in [5.74, 6) is -0.0681. The molecular weight excluding hydrogens is 329 g/mol. The highest BCUT2D eigenvalue weighted by Crippen LogP contribution is 2.16. The molecule has 1 amide bonds. The molecular formula is C13H18INO2. The second-order valence-electron chi connectivity index (χ2n) is 4.04. The Morgan fingerprint density at radius 3 is 2.88 bits per heavy atom. The number of aliphatic hydroxyl groups is 1. The number of benzene rings is 1. The number of amides is 1. The average Bonchev–Trinajstić information content (AvgIpc) is 2.32. The van der Waals surface area contributed by atoms with Crippen LogP contribution in [0.2, 0.25) is 0 Å². The largest absolute Gasteiger partial charge is 0.393 e. The van der Waals surface area contributed by atoms with Crippen molar-refractivity contribution in [3.63, 3.8) is 0 Å². The molecule has 94 valence electrons. The molecule has 1 unspecified atom stereocenters. The van der Waals surface area contributed by atoms with Gasteiger partial charge in [-0.05, 0) is 54.0 Å². The van der Waals surface area contributed by atoms with E-state index >= 15 is 0 Å². The Morgan fingerprint density at radius 1 is 1.53 bits per heavy atom. The van der Waals surface area contributed by atoms with E-state index in [4.69, 9.17) is 0 Å². The standard InChI is InChI=1S/C13H18INO2/c1-3-10(16)7-8-15-13(17)11-6-4-5-9(2)12(11)14/h4-6,10,16H,3,7-8H2,1-2H3,(H,15,17). The maximum Gasteiger partial charge on any atom is 0.252 e. The van der Waals surface area contributed by atoms with Crippen LogP contribution in [0.4, 0.5) is 0 Å². The molecule has 0 fully saturated rings. The summed E-state index contributed by atoms with van der Waals surface area (Å²) in [5.41, 5.74) is 1.81. The third-order valence-corrected chi connectivity index (χ3v) is 4.10. The van der Waals surface area contributed by atoms with Gasteiger partial charge in [0.2, 0.25) is 0 Å². The van der Waals surface area contributed by atoms with Gasteiger partial charge in [0.15, 0.2) is 0 Å². The highest BCUT2D eigenvalue weighted by Gasteiger charge is 2.11. The normalized spacial score (nSPS) is 12.2. The molecule has 1 rings (SSSR count). The molecule has 0 spiro atoms. The molecule has 0 aliphatic rings. The van der Waals surface area contributed by atoms with Gasteiger partial charge in [0.1, 0.15) is 0 Å². The zero-order chi connectivity index (χ0) is 12.8. The van der Waals surface area contributed by atoms with Crippen molar-refractivity contribution in [2.75, 3.05) is 6.54 Å². The van der Waals surface area contributed by atoms with E-state index in [1.54, 1.807) is 0 Å². The molecule has 0 saturated carbocycles. The topological polar surface area (TPSA) is 49.3 Å². The second kappa shape index (κ2) is 6.96. The van der Waals surface area contributed by atoms with Crippen LogP contribution in [-0.2, 0) is 0 Å². The summed E-state index contributed by atoms with van der Waals surface area (Å²) in [5, 5.41) is 12.2. The number of rotatable bonds is 5. The third kappa shape index (κ3) is 4.27. The Balaban J connectivity index is 2.56. The van der Waals surface area contributed by atoms with E-state index in [1.165, 1.54) is 0 Å². The molecule has 1 atom stereocenters. The molecule has 0 aliphatic carbocycles. The number of carbonyl (C=O) groups excluding carboxylic acids is 1. The zero-order valence-corrected chi connectivity index (χ0v) is 12.3. The minimum Gasteiger partial charge on any atom is -0.393 e. The smallest absolute Gasteiger partial charge is 0.252 e. The SMILES string of the molecule is CCC(O)CCNC(=O)c1cccc(C)c1I. The molecule has 17 heavy (non-hydrogen) atoms. The monoisotopic (exact) mass is 347 g/mol. The van der Waals surface area contributed by atoms with Gasteiger partial charge >= 0.3 is 0 Å². The molecule has 1 aromatic rings. The van der Waals surface area contributed by atoms with Gasteiger partial charge < -0.3 is 10.4 Å². The summed E-state index contributed by atoms with van der Waals surface area (Å²) in [7, 11) is 0. The van der Waals surface area contributed by atoms with Gasteiger partial charge in [-0.1, -0.05) is 19.1 Å². The molecule has 0 heterocycles. The molecule has 0 radical (unpaired) electrons. The summed E-state index contributed by atoms with van der Waals surface area (Å²) >= 11 is 2.18. The molecule has 4 heteroatoms. The van der Waals surface area contributed by atoms with Gasteiger partial charge in [-0.2, -0.15) is 0 Å². The maximum atomic E-state index is 11.9. The van der Waals surface area contributed by atoms with E-state index in [9.17, 15) is 9.90 Å². The van der Waals surface area contributed by atoms with Crippen LogP contribution in [0.5, 0.6) is 0 Å². The van der Waals surface area contributed by atoms with Crippen molar-refractivity contribution in [2.45, 2.75) is 32.8 Å². The van der Waals surface area contributed by atoms with E-state index in [1.807, 2.05) is 32.0 Å². The Kier molecular flexibility index (Phi) is 5.91. The highest BCUT2D eigenvalue weighted by molar-refractivity contribution is 14.1. The fourth-order valence-electron chi connectivity index (χ4n) is 1.47. The lowest BCUT2D eigenvalue weighted by Gasteiger charge is -2.10. The lowest BCUT2D eigenvalue weighted by atomic mass is 10.1. The molecule has 1 aromatic carbocycles. The van der Waals surface area contributed by atoms with Crippen LogP contribution in [0.15, 0.2) is 18.2 Å². The fourth-order valence-corrected chi connectivity index (χ4v) is 2.08. The van der Waals surface area contributed by atoms with Crippen LogP contribution in [0, 0.1) is 10.5 Å². The number of hydrogen-bond donors (Lipinski definition) is 2. The Bertz CT molecular complexity index is 393. The van der Waals surface area contributed by atoms with Crippen molar-refractivity contribution in [3.8, 4) is 0 Å². The number of halogens is 1. The maximum absolute atomic E-state index is 11.9. The van der Waals surface area contributed by atoms with E-state index in [-0.39, 0.29) is 12.0 Å². The first-order valence-corrected chi connectivity index (χ1v) is 6.85. The van der Waals surface area contributed by atoms with Crippen LogP contribution in [0.3, 0.4) is 0 Å². The first kappa shape index (κ1) is 14.4. The minimum atomic E-state index is -0.327. The summed E-state index contributed by atoms with van der Waals surface area (Å²) in [4.78, 5) is 11.9. The van der Waals surface area contributed by atoms with Crippen molar-refractivity contribution >= 4 is 28.5 Å². The highest BCUT2D eigenvalue weighted by atomic mass is 127. The van der Waals surface area contributed by atoms with Crippen molar-refractivity contribution in [1.82, 2.24) is 5.32 Å². The van der Waals surface area contributed by atoms with Gasteiger partial charge in [0.25, 0.3) is 5.91 Å². The van der Waals surface area contributed by atoms with E-state index in [2.05, 4.69) is 27.9 Å². The van der Waals surface area contributed by atoms with Crippen molar-refractivity contribution < 1.29 is 9.90 Å². The van der Waals surface area contributed by atoms with Crippen LogP contribution in [0.25, 0.3) is 0 Å². The van der Waals surface area contributed by atoms with E-state index in [0.717, 1.165) is 15.6 Å². The number of hydrogen-bond acceptors (Lipinski definition) is 2. The van der Waals surface area contributed by atoms with Gasteiger partial charge in [-0.3, -0.25) is 4.79 Å². The fraction of sp³-hybridized carbons (Fsp3) is 0.462. The zero-order valence-electron chi connectivity index (χ0n) is 10.2. The molecule has 2 N–H and O–H groups in total. The van der Waals surface area contributed by atoms with E-state index in [0.29, 0.717) is 18.5 Å². The number of carbonyl (C=O) groups is 1. The summed E-state index contributed by atoms with van der Waals surface area (Å²) < 4.78 is 0.985. The first-order valence-electron chi connectivity index (χ1n) is 5.77. The molecule has 3 nitrogen and oxygen atoms in total. The first-order chi connectivity index (χ1) is 8.06. The number of aliphatic hydroxyl groups excluding tert-OH is 1. The van der Waals surface area contributed by atoms with Crippen molar-refractivity contribution in [1.29, 1.82) is 0 Å². The molecule has 0 aliphatic heterocycles. The summed E-state index contributed by atoms with van der Waals surface area (Å²) in [6.45, 7) is 4.42. The van der Waals surface area contributed by atoms with Gasteiger partial charge in [0.05, 0.1) is 11.7 Å². The number of aryl methyl sites for hydroxylation is 1. The van der Waals surface area contributed by atoms with Crippen molar-refractivity contribution in [2.24, 2.45) is 0 Å². The molecule has 0 saturated heterocycles. The van der Waals surface area contributed by atoms with E-state index < -0.39 is 0 Å². The second-order valence-corrected chi connectivity index (χ2v) is 5.12. The van der Waals surface area contributed by atoms with Crippen molar-refractivity contribution in [3.05, 3.63) is 32.9 Å². The predicted octanol–water partition coefficient (Wildman–Crippen LogP) is 2.49. The lowest BCUT2D eigenvalue weighted by molar-refractivity contribution is 0.0941. The lowest BCUT2D eigenvalue weighted by Crippen LogP contribution is -2.27. The van der Waals surface area contributed by atoms with Crippen LogP contribution >= 0.6 is 22.6 Å². The van der Waals surface area contributed by atoms with Crippen LogP contribution < -0.4 is 5.32 Å². The Labute approximate surface area is 116 Å². The van der Waals surface area contributed by atoms with Crippen LogP contribution in [0.1, 0.15) is 35.7 Å². The number of nitrogens with one attached hydrogen (secondary N) is 1. The summed E-state index contributed by atoms with van der Waals surface area (Å²) in [6.07, 6.45) is 0.995. The van der Waals surface area contributed by atoms with Gasteiger partial charge in [0, 0.05) is 10.1 Å². The third-order valence-electron chi connectivity index (χ3n) is 2.67. The van der Waals surface area contributed by atoms with Gasteiger partial charge in [-0.25, -0.2) is 0 Å². The molecule has 0 bridgehead atoms.